The van der Waals surface area contributed by atoms with Gasteiger partial charge in [0.15, 0.2) is 5.78 Å². The summed E-state index contributed by atoms with van der Waals surface area (Å²) in [7, 11) is 4.00. The topological polar surface area (TPSA) is 20.3 Å². The molecular formula is C19H21NOS. The molecule has 0 aliphatic carbocycles. The van der Waals surface area contributed by atoms with Crippen LogP contribution in [0.2, 0.25) is 0 Å². The molecule has 0 spiro atoms. The van der Waals surface area contributed by atoms with Gasteiger partial charge in [-0.15, -0.1) is 11.8 Å². The van der Waals surface area contributed by atoms with Crippen molar-refractivity contribution in [3.05, 3.63) is 65.7 Å². The van der Waals surface area contributed by atoms with E-state index in [4.69, 9.17) is 0 Å². The molecule has 3 heteroatoms. The van der Waals surface area contributed by atoms with Crippen LogP contribution in [0.5, 0.6) is 0 Å². The molecule has 0 unspecified atom stereocenters. The third kappa shape index (κ3) is 4.25. The van der Waals surface area contributed by atoms with Crippen molar-refractivity contribution in [1.29, 1.82) is 0 Å². The zero-order chi connectivity index (χ0) is 15.9. The Labute approximate surface area is 136 Å². The minimum absolute atomic E-state index is 0.0293. The maximum Gasteiger partial charge on any atom is 0.185 e. The quantitative estimate of drug-likeness (QED) is 0.436. The first-order valence-electron chi connectivity index (χ1n) is 7.33. The number of rotatable bonds is 6. The molecule has 2 rings (SSSR count). The van der Waals surface area contributed by atoms with Gasteiger partial charge >= 0.3 is 0 Å². The van der Waals surface area contributed by atoms with Crippen molar-refractivity contribution < 1.29 is 4.79 Å². The van der Waals surface area contributed by atoms with Gasteiger partial charge in [0, 0.05) is 30.2 Å². The Balaban J connectivity index is 2.14. The summed E-state index contributed by atoms with van der Waals surface area (Å²) < 4.78 is 0. The zero-order valence-corrected chi connectivity index (χ0v) is 14.1. The highest BCUT2D eigenvalue weighted by atomic mass is 32.2. The van der Waals surface area contributed by atoms with E-state index in [1.807, 2.05) is 73.6 Å². The van der Waals surface area contributed by atoms with Crippen LogP contribution in [0.15, 0.2) is 59.5 Å². The van der Waals surface area contributed by atoms with Crippen molar-refractivity contribution in [2.75, 3.05) is 24.7 Å². The van der Waals surface area contributed by atoms with Crippen molar-refractivity contribution in [2.45, 2.75) is 11.8 Å². The molecule has 2 aromatic rings. The molecule has 2 nitrogen and oxygen atoms in total. The number of para-hydroxylation sites is 1. The predicted molar refractivity (Wildman–Crippen MR) is 97.0 cm³/mol. The Morgan fingerprint density at radius 2 is 1.77 bits per heavy atom. The van der Waals surface area contributed by atoms with Gasteiger partial charge in [-0.2, -0.15) is 0 Å². The zero-order valence-electron chi connectivity index (χ0n) is 13.2. The van der Waals surface area contributed by atoms with Gasteiger partial charge in [-0.1, -0.05) is 25.1 Å². The van der Waals surface area contributed by atoms with Gasteiger partial charge in [-0.25, -0.2) is 0 Å². The maximum atomic E-state index is 12.3. The van der Waals surface area contributed by atoms with Crippen LogP contribution in [0.4, 0.5) is 5.69 Å². The van der Waals surface area contributed by atoms with E-state index < -0.39 is 0 Å². The summed E-state index contributed by atoms with van der Waals surface area (Å²) in [6.45, 7) is 2.12. The molecule has 0 saturated heterocycles. The lowest BCUT2D eigenvalue weighted by atomic mass is 10.1. The van der Waals surface area contributed by atoms with Gasteiger partial charge in [0.2, 0.25) is 0 Å². The van der Waals surface area contributed by atoms with Gasteiger partial charge in [0.05, 0.1) is 0 Å². The third-order valence-corrected chi connectivity index (χ3v) is 4.18. The number of thioether (sulfide) groups is 1. The van der Waals surface area contributed by atoms with Crippen LogP contribution < -0.4 is 4.90 Å². The molecule has 0 heterocycles. The number of hydrogen-bond donors (Lipinski definition) is 0. The van der Waals surface area contributed by atoms with Crippen LogP contribution in [0.3, 0.4) is 0 Å². The number of benzene rings is 2. The molecule has 0 amide bonds. The van der Waals surface area contributed by atoms with E-state index in [0.29, 0.717) is 0 Å². The fourth-order valence-electron chi connectivity index (χ4n) is 2.18. The molecule has 0 atom stereocenters. The van der Waals surface area contributed by atoms with Crippen LogP contribution in [-0.4, -0.2) is 25.6 Å². The van der Waals surface area contributed by atoms with Crippen molar-refractivity contribution in [3.8, 4) is 0 Å². The highest BCUT2D eigenvalue weighted by Crippen LogP contribution is 2.20. The highest BCUT2D eigenvalue weighted by molar-refractivity contribution is 7.99. The number of allylic oxidation sites excluding steroid dienone is 1. The Hall–Kier alpha value is -2.00. The van der Waals surface area contributed by atoms with Gasteiger partial charge in [-0.05, 0) is 53.8 Å². The van der Waals surface area contributed by atoms with E-state index in [9.17, 15) is 4.79 Å². The average molecular weight is 311 g/mol. The highest BCUT2D eigenvalue weighted by Gasteiger charge is 2.04. The Morgan fingerprint density at radius 1 is 1.09 bits per heavy atom. The van der Waals surface area contributed by atoms with Gasteiger partial charge in [-0.3, -0.25) is 4.79 Å². The predicted octanol–water partition coefficient (Wildman–Crippen LogP) is 4.76. The summed E-state index contributed by atoms with van der Waals surface area (Å²) in [5.74, 6) is 1.07. The van der Waals surface area contributed by atoms with Gasteiger partial charge in [0.25, 0.3) is 0 Å². The molecule has 0 N–H and O–H groups in total. The molecule has 114 valence electrons. The van der Waals surface area contributed by atoms with Crippen molar-refractivity contribution in [3.63, 3.8) is 0 Å². The molecule has 0 aliphatic heterocycles. The second kappa shape index (κ2) is 7.85. The van der Waals surface area contributed by atoms with E-state index in [0.717, 1.165) is 22.6 Å². The lowest BCUT2D eigenvalue weighted by Gasteiger charge is -2.15. The lowest BCUT2D eigenvalue weighted by molar-refractivity contribution is 0.104. The van der Waals surface area contributed by atoms with Crippen molar-refractivity contribution >= 4 is 29.3 Å². The summed E-state index contributed by atoms with van der Waals surface area (Å²) in [5, 5.41) is 0. The first-order valence-corrected chi connectivity index (χ1v) is 8.32. The van der Waals surface area contributed by atoms with E-state index in [1.54, 1.807) is 17.8 Å². The maximum absolute atomic E-state index is 12.3. The number of nitrogens with zero attached hydrogens (tertiary/aromatic N) is 1. The first-order chi connectivity index (χ1) is 10.6. The standard InChI is InChI=1S/C19H21NOS/c1-4-22-17-12-9-16(10-13-17)19(21)14-11-15-7-5-6-8-18(15)20(2)3/h5-14H,4H2,1-3H3. The summed E-state index contributed by atoms with van der Waals surface area (Å²) in [5.41, 5.74) is 2.86. The summed E-state index contributed by atoms with van der Waals surface area (Å²) >= 11 is 1.78. The lowest BCUT2D eigenvalue weighted by Crippen LogP contribution is -2.09. The Bertz CT molecular complexity index is 659. The van der Waals surface area contributed by atoms with E-state index in [2.05, 4.69) is 6.92 Å². The normalized spacial score (nSPS) is 10.9. The van der Waals surface area contributed by atoms with Crippen LogP contribution in [-0.2, 0) is 0 Å². The monoisotopic (exact) mass is 311 g/mol. The largest absolute Gasteiger partial charge is 0.377 e. The first kappa shape index (κ1) is 16.4. The molecule has 0 saturated carbocycles. The smallest absolute Gasteiger partial charge is 0.185 e. The molecule has 0 fully saturated rings. The van der Waals surface area contributed by atoms with E-state index in [-0.39, 0.29) is 5.78 Å². The van der Waals surface area contributed by atoms with Crippen LogP contribution in [0.1, 0.15) is 22.8 Å². The summed E-state index contributed by atoms with van der Waals surface area (Å²) in [4.78, 5) is 15.5. The number of ketones is 1. The summed E-state index contributed by atoms with van der Waals surface area (Å²) in [6, 6.07) is 15.8. The number of carbonyl (C=O) groups excluding carboxylic acids is 1. The second-order valence-electron chi connectivity index (χ2n) is 5.11. The Kier molecular flexibility index (Phi) is 5.84. The molecule has 0 bridgehead atoms. The minimum Gasteiger partial charge on any atom is -0.377 e. The molecule has 0 radical (unpaired) electrons. The van der Waals surface area contributed by atoms with E-state index >= 15 is 0 Å². The molecule has 0 aromatic heterocycles. The van der Waals surface area contributed by atoms with Crippen LogP contribution >= 0.6 is 11.8 Å². The van der Waals surface area contributed by atoms with Gasteiger partial charge < -0.3 is 4.90 Å². The third-order valence-electron chi connectivity index (χ3n) is 3.28. The molecule has 0 aliphatic rings. The van der Waals surface area contributed by atoms with Crippen LogP contribution in [0, 0.1) is 0 Å². The van der Waals surface area contributed by atoms with E-state index in [1.165, 1.54) is 4.90 Å². The molecule has 22 heavy (non-hydrogen) atoms. The number of carbonyl (C=O) groups is 1. The fourth-order valence-corrected chi connectivity index (χ4v) is 2.84. The fraction of sp³-hybridized carbons (Fsp3) is 0.211. The molecular weight excluding hydrogens is 290 g/mol. The second-order valence-corrected chi connectivity index (χ2v) is 6.45. The van der Waals surface area contributed by atoms with Gasteiger partial charge in [0.1, 0.15) is 0 Å². The average Bonchev–Trinajstić information content (AvgIpc) is 2.54. The summed E-state index contributed by atoms with van der Waals surface area (Å²) in [6.07, 6.45) is 3.52. The number of anilines is 1. The van der Waals surface area contributed by atoms with Crippen LogP contribution in [0.25, 0.3) is 6.08 Å². The van der Waals surface area contributed by atoms with Crippen molar-refractivity contribution in [1.82, 2.24) is 0 Å². The van der Waals surface area contributed by atoms with Crippen molar-refractivity contribution in [2.24, 2.45) is 0 Å². The Morgan fingerprint density at radius 3 is 2.41 bits per heavy atom. The number of hydrogen-bond acceptors (Lipinski definition) is 3. The molecule has 2 aromatic carbocycles. The minimum atomic E-state index is 0.0293. The SMILES string of the molecule is CCSc1ccc(C(=O)C=Cc2ccccc2N(C)C)cc1.